The molecule has 0 aliphatic heterocycles. The molecule has 0 atom stereocenters. The van der Waals surface area contributed by atoms with Crippen molar-refractivity contribution in [2.45, 2.75) is 13.1 Å². The number of aromatic nitrogens is 1. The number of pyridine rings is 1. The van der Waals surface area contributed by atoms with Gasteiger partial charge < -0.3 is 9.72 Å². The molecule has 3 rings (SSSR count). The van der Waals surface area contributed by atoms with E-state index in [2.05, 4.69) is 9.71 Å². The topological polar surface area (TPSA) is 88.3 Å². The number of aryl methyl sites for hydroxylation is 1. The summed E-state index contributed by atoms with van der Waals surface area (Å²) >= 11 is 0. The van der Waals surface area contributed by atoms with E-state index < -0.39 is 21.8 Å². The normalized spacial score (nSPS) is 11.9. The molecule has 0 bridgehead atoms. The molecule has 0 saturated carbocycles. The highest BCUT2D eigenvalue weighted by Crippen LogP contribution is 2.37. The number of nitrogens with one attached hydrogen (secondary N) is 2. The number of alkyl halides is 3. The van der Waals surface area contributed by atoms with E-state index >= 15 is 0 Å². The molecular weight excluding hydrogens is 421 g/mol. The SMILES string of the molecule is Cc1cc(-c2cc(NS(C)(=O)=O)ccc2Oc2cccc(C(F)(F)F)c2)c[nH]c1=O. The van der Waals surface area contributed by atoms with Crippen molar-refractivity contribution >= 4 is 15.7 Å². The zero-order valence-electron chi connectivity index (χ0n) is 15.9. The Hall–Kier alpha value is -3.27. The van der Waals surface area contributed by atoms with Crippen LogP contribution in [0.1, 0.15) is 11.1 Å². The lowest BCUT2D eigenvalue weighted by atomic mass is 10.0. The van der Waals surface area contributed by atoms with Crippen LogP contribution in [-0.2, 0) is 16.2 Å². The van der Waals surface area contributed by atoms with E-state index in [1.807, 2.05) is 0 Å². The molecule has 0 aliphatic rings. The second-order valence-electron chi connectivity index (χ2n) is 6.61. The Labute approximate surface area is 170 Å². The molecule has 158 valence electrons. The van der Waals surface area contributed by atoms with Crippen LogP contribution in [0.5, 0.6) is 11.5 Å². The predicted molar refractivity (Wildman–Crippen MR) is 107 cm³/mol. The summed E-state index contributed by atoms with van der Waals surface area (Å²) in [7, 11) is -3.56. The summed E-state index contributed by atoms with van der Waals surface area (Å²) in [5, 5.41) is 0. The number of halogens is 3. The van der Waals surface area contributed by atoms with Gasteiger partial charge in [0.2, 0.25) is 10.0 Å². The fourth-order valence-corrected chi connectivity index (χ4v) is 3.29. The molecular formula is C20H17F3N2O4S. The smallest absolute Gasteiger partial charge is 0.416 e. The Bertz CT molecular complexity index is 1250. The summed E-state index contributed by atoms with van der Waals surface area (Å²) in [6.45, 7) is 1.59. The van der Waals surface area contributed by atoms with Gasteiger partial charge in [0.15, 0.2) is 0 Å². The first-order valence-electron chi connectivity index (χ1n) is 8.59. The highest BCUT2D eigenvalue weighted by atomic mass is 32.2. The fraction of sp³-hybridized carbons (Fsp3) is 0.150. The van der Waals surface area contributed by atoms with Crippen LogP contribution in [0.4, 0.5) is 18.9 Å². The Morgan fingerprint density at radius 1 is 1.07 bits per heavy atom. The van der Waals surface area contributed by atoms with Crippen LogP contribution < -0.4 is 15.0 Å². The molecule has 0 amide bonds. The third-order valence-corrected chi connectivity index (χ3v) is 4.68. The molecule has 1 aromatic heterocycles. The number of ether oxygens (including phenoxy) is 1. The molecule has 0 spiro atoms. The van der Waals surface area contributed by atoms with Gasteiger partial charge in [0, 0.05) is 28.6 Å². The number of H-pyrrole nitrogens is 1. The van der Waals surface area contributed by atoms with Crippen LogP contribution >= 0.6 is 0 Å². The van der Waals surface area contributed by atoms with E-state index in [-0.39, 0.29) is 22.7 Å². The number of hydrogen-bond acceptors (Lipinski definition) is 4. The number of aromatic amines is 1. The van der Waals surface area contributed by atoms with Crippen LogP contribution in [0.3, 0.4) is 0 Å². The monoisotopic (exact) mass is 438 g/mol. The molecule has 1 heterocycles. The number of hydrogen-bond donors (Lipinski definition) is 2. The van der Waals surface area contributed by atoms with Crippen molar-refractivity contribution in [2.75, 3.05) is 11.0 Å². The molecule has 10 heteroatoms. The van der Waals surface area contributed by atoms with Gasteiger partial charge in [-0.2, -0.15) is 13.2 Å². The summed E-state index contributed by atoms with van der Waals surface area (Å²) in [5.41, 5.74) is 0.333. The summed E-state index contributed by atoms with van der Waals surface area (Å²) in [5.74, 6) is 0.135. The summed E-state index contributed by atoms with van der Waals surface area (Å²) < 4.78 is 70.1. The largest absolute Gasteiger partial charge is 0.457 e. The molecule has 2 aromatic carbocycles. The van der Waals surface area contributed by atoms with E-state index in [0.717, 1.165) is 18.4 Å². The third kappa shape index (κ3) is 5.20. The van der Waals surface area contributed by atoms with Crippen molar-refractivity contribution in [3.8, 4) is 22.6 Å². The molecule has 0 aliphatic carbocycles. The van der Waals surface area contributed by atoms with Gasteiger partial charge in [-0.15, -0.1) is 0 Å². The van der Waals surface area contributed by atoms with Crippen molar-refractivity contribution in [1.29, 1.82) is 0 Å². The first-order valence-corrected chi connectivity index (χ1v) is 10.5. The second-order valence-corrected chi connectivity index (χ2v) is 8.36. The summed E-state index contributed by atoms with van der Waals surface area (Å²) in [6.07, 6.45) is -2.13. The number of anilines is 1. The molecule has 2 N–H and O–H groups in total. The minimum Gasteiger partial charge on any atom is -0.457 e. The Morgan fingerprint density at radius 2 is 1.80 bits per heavy atom. The maximum atomic E-state index is 13.0. The Balaban J connectivity index is 2.09. The molecule has 30 heavy (non-hydrogen) atoms. The summed E-state index contributed by atoms with van der Waals surface area (Å²) in [6, 6.07) is 10.3. The van der Waals surface area contributed by atoms with Crippen molar-refractivity contribution in [3.05, 3.63) is 76.2 Å². The second kappa shape index (κ2) is 7.86. The molecule has 3 aromatic rings. The highest BCUT2D eigenvalue weighted by molar-refractivity contribution is 7.92. The van der Waals surface area contributed by atoms with Gasteiger partial charge in [0.05, 0.1) is 11.8 Å². The van der Waals surface area contributed by atoms with Crippen molar-refractivity contribution in [2.24, 2.45) is 0 Å². The quantitative estimate of drug-likeness (QED) is 0.613. The van der Waals surface area contributed by atoms with Crippen LogP contribution in [-0.4, -0.2) is 19.7 Å². The molecule has 0 unspecified atom stereocenters. The molecule has 6 nitrogen and oxygen atoms in total. The minimum absolute atomic E-state index is 0.0453. The maximum absolute atomic E-state index is 13.0. The van der Waals surface area contributed by atoms with Gasteiger partial charge in [-0.3, -0.25) is 9.52 Å². The van der Waals surface area contributed by atoms with Gasteiger partial charge in [-0.1, -0.05) is 6.07 Å². The zero-order valence-corrected chi connectivity index (χ0v) is 16.7. The maximum Gasteiger partial charge on any atom is 0.416 e. The average molecular weight is 438 g/mol. The van der Waals surface area contributed by atoms with Gasteiger partial charge in [-0.05, 0) is 49.4 Å². The lowest BCUT2D eigenvalue weighted by Gasteiger charge is -2.15. The average Bonchev–Trinajstić information content (AvgIpc) is 2.64. The van der Waals surface area contributed by atoms with Gasteiger partial charge in [0.25, 0.3) is 5.56 Å². The minimum atomic E-state index is -4.53. The summed E-state index contributed by atoms with van der Waals surface area (Å²) in [4.78, 5) is 14.2. The first kappa shape index (κ1) is 21.4. The van der Waals surface area contributed by atoms with E-state index in [4.69, 9.17) is 4.74 Å². The van der Waals surface area contributed by atoms with E-state index in [1.165, 1.54) is 36.5 Å². The van der Waals surface area contributed by atoms with Gasteiger partial charge >= 0.3 is 6.18 Å². The van der Waals surface area contributed by atoms with Crippen molar-refractivity contribution in [3.63, 3.8) is 0 Å². The van der Waals surface area contributed by atoms with Crippen LogP contribution in [0.25, 0.3) is 11.1 Å². The standard InChI is InChI=1S/C20H17F3N2O4S/c1-12-8-13(11-24-19(12)26)17-10-15(25-30(2,27)28)6-7-18(17)29-16-5-3-4-14(9-16)20(21,22)23/h3-11,25H,1-2H3,(H,24,26). The number of benzene rings is 2. The highest BCUT2D eigenvalue weighted by Gasteiger charge is 2.30. The third-order valence-electron chi connectivity index (χ3n) is 4.07. The fourth-order valence-electron chi connectivity index (χ4n) is 2.74. The zero-order chi connectivity index (χ0) is 22.1. The van der Waals surface area contributed by atoms with E-state index in [9.17, 15) is 26.4 Å². The molecule has 0 radical (unpaired) electrons. The lowest BCUT2D eigenvalue weighted by Crippen LogP contribution is -2.10. The number of rotatable bonds is 5. The Kier molecular flexibility index (Phi) is 5.62. The van der Waals surface area contributed by atoms with Crippen molar-refractivity contribution in [1.82, 2.24) is 4.98 Å². The van der Waals surface area contributed by atoms with Crippen LogP contribution in [0.2, 0.25) is 0 Å². The predicted octanol–water partition coefficient (Wildman–Crippen LogP) is 4.53. The molecule has 0 fully saturated rings. The number of sulfonamides is 1. The van der Waals surface area contributed by atoms with Crippen LogP contribution in [0.15, 0.2) is 59.5 Å². The van der Waals surface area contributed by atoms with Crippen molar-refractivity contribution < 1.29 is 26.3 Å². The molecule has 0 saturated heterocycles. The van der Waals surface area contributed by atoms with E-state index in [0.29, 0.717) is 16.7 Å². The van der Waals surface area contributed by atoms with Gasteiger partial charge in [0.1, 0.15) is 11.5 Å². The Morgan fingerprint density at radius 3 is 2.43 bits per heavy atom. The van der Waals surface area contributed by atoms with Crippen LogP contribution in [0, 0.1) is 6.92 Å². The lowest BCUT2D eigenvalue weighted by molar-refractivity contribution is -0.137. The van der Waals surface area contributed by atoms with E-state index in [1.54, 1.807) is 13.0 Å². The first-order chi connectivity index (χ1) is 13.9. The van der Waals surface area contributed by atoms with Gasteiger partial charge in [-0.25, -0.2) is 8.42 Å².